The van der Waals surface area contributed by atoms with Crippen LogP contribution < -0.4 is 5.32 Å². The van der Waals surface area contributed by atoms with Gasteiger partial charge in [0, 0.05) is 18.5 Å². The van der Waals surface area contributed by atoms with Crippen LogP contribution in [0.3, 0.4) is 0 Å². The molecule has 0 bridgehead atoms. The number of hydrogen-bond donors (Lipinski definition) is 1. The van der Waals surface area contributed by atoms with Crippen molar-refractivity contribution in [1.82, 2.24) is 10.2 Å². The molecule has 1 amide bonds. The van der Waals surface area contributed by atoms with Crippen molar-refractivity contribution in [2.45, 2.75) is 58.4 Å². The lowest BCUT2D eigenvalue weighted by atomic mass is 9.90. The van der Waals surface area contributed by atoms with E-state index < -0.39 is 0 Å². The minimum absolute atomic E-state index is 0.123. The summed E-state index contributed by atoms with van der Waals surface area (Å²) in [6.07, 6.45) is 5.65. The average molecular weight is 316 g/mol. The Morgan fingerprint density at radius 1 is 1.17 bits per heavy atom. The lowest BCUT2D eigenvalue weighted by molar-refractivity contribution is -0.122. The fourth-order valence-corrected chi connectivity index (χ4v) is 3.25. The van der Waals surface area contributed by atoms with E-state index in [0.717, 1.165) is 25.6 Å². The molecule has 0 aliphatic carbocycles. The SMILES string of the molecule is CC(C)(C)NC(=O)CCN1CCC(CCc2ccccc2)CC1. The highest BCUT2D eigenvalue weighted by atomic mass is 16.1. The maximum absolute atomic E-state index is 11.9. The fourth-order valence-electron chi connectivity index (χ4n) is 3.25. The lowest BCUT2D eigenvalue weighted by Crippen LogP contribution is -2.43. The van der Waals surface area contributed by atoms with Gasteiger partial charge in [-0.3, -0.25) is 4.79 Å². The molecular weight excluding hydrogens is 284 g/mol. The molecule has 3 heteroatoms. The number of aryl methyl sites for hydroxylation is 1. The van der Waals surface area contributed by atoms with E-state index >= 15 is 0 Å². The van der Waals surface area contributed by atoms with Crippen LogP contribution in [0.5, 0.6) is 0 Å². The molecule has 0 spiro atoms. The molecule has 128 valence electrons. The molecule has 1 aromatic carbocycles. The number of piperidine rings is 1. The molecule has 1 aliphatic heterocycles. The monoisotopic (exact) mass is 316 g/mol. The van der Waals surface area contributed by atoms with E-state index in [1.54, 1.807) is 0 Å². The zero-order valence-electron chi connectivity index (χ0n) is 15.0. The Morgan fingerprint density at radius 3 is 2.43 bits per heavy atom. The first-order valence-electron chi connectivity index (χ1n) is 9.00. The summed E-state index contributed by atoms with van der Waals surface area (Å²) in [5.41, 5.74) is 1.33. The van der Waals surface area contributed by atoms with Crippen molar-refractivity contribution in [2.24, 2.45) is 5.92 Å². The maximum atomic E-state index is 11.9. The summed E-state index contributed by atoms with van der Waals surface area (Å²) in [6.45, 7) is 9.27. The Labute approximate surface area is 141 Å². The Balaban J connectivity index is 1.61. The number of carbonyl (C=O) groups is 1. The molecule has 1 saturated heterocycles. The minimum atomic E-state index is -0.123. The largest absolute Gasteiger partial charge is 0.351 e. The smallest absolute Gasteiger partial charge is 0.221 e. The second-order valence-corrected chi connectivity index (χ2v) is 7.86. The molecule has 0 radical (unpaired) electrons. The number of amides is 1. The zero-order chi connectivity index (χ0) is 16.7. The third-order valence-corrected chi connectivity index (χ3v) is 4.56. The van der Waals surface area contributed by atoms with Gasteiger partial charge in [0.25, 0.3) is 0 Å². The predicted octanol–water partition coefficient (Wildman–Crippen LogP) is 3.64. The molecule has 1 heterocycles. The molecule has 1 aromatic rings. The van der Waals surface area contributed by atoms with E-state index in [-0.39, 0.29) is 11.4 Å². The standard InChI is InChI=1S/C20H32N2O/c1-20(2,3)21-19(23)13-16-22-14-11-18(12-15-22)10-9-17-7-5-4-6-8-17/h4-8,18H,9-16H2,1-3H3,(H,21,23). The van der Waals surface area contributed by atoms with Crippen molar-refractivity contribution in [2.75, 3.05) is 19.6 Å². The van der Waals surface area contributed by atoms with Gasteiger partial charge in [-0.1, -0.05) is 30.3 Å². The summed E-state index contributed by atoms with van der Waals surface area (Å²) < 4.78 is 0. The van der Waals surface area contributed by atoms with Crippen LogP contribution in [-0.4, -0.2) is 36.0 Å². The lowest BCUT2D eigenvalue weighted by Gasteiger charge is -2.32. The molecule has 1 N–H and O–H groups in total. The quantitative estimate of drug-likeness (QED) is 0.869. The van der Waals surface area contributed by atoms with Crippen LogP contribution in [0.25, 0.3) is 0 Å². The first-order valence-corrected chi connectivity index (χ1v) is 9.00. The third-order valence-electron chi connectivity index (χ3n) is 4.56. The second-order valence-electron chi connectivity index (χ2n) is 7.86. The number of likely N-dealkylation sites (tertiary alicyclic amines) is 1. The molecule has 0 saturated carbocycles. The molecule has 2 rings (SSSR count). The van der Waals surface area contributed by atoms with Crippen molar-refractivity contribution < 1.29 is 4.79 Å². The van der Waals surface area contributed by atoms with Crippen LogP contribution in [0.2, 0.25) is 0 Å². The molecule has 1 aliphatic rings. The summed E-state index contributed by atoms with van der Waals surface area (Å²) in [5, 5.41) is 3.04. The number of benzene rings is 1. The van der Waals surface area contributed by atoms with E-state index in [0.29, 0.717) is 6.42 Å². The zero-order valence-corrected chi connectivity index (χ0v) is 15.0. The summed E-state index contributed by atoms with van der Waals surface area (Å²) in [5.74, 6) is 1.01. The van der Waals surface area contributed by atoms with Gasteiger partial charge in [-0.15, -0.1) is 0 Å². The topological polar surface area (TPSA) is 32.3 Å². The van der Waals surface area contributed by atoms with Gasteiger partial charge in [0.05, 0.1) is 0 Å². The predicted molar refractivity (Wildman–Crippen MR) is 96.4 cm³/mol. The van der Waals surface area contributed by atoms with Gasteiger partial charge < -0.3 is 10.2 Å². The highest BCUT2D eigenvalue weighted by Gasteiger charge is 2.20. The van der Waals surface area contributed by atoms with Crippen LogP contribution in [0, 0.1) is 5.92 Å². The van der Waals surface area contributed by atoms with E-state index in [1.807, 2.05) is 20.8 Å². The Hall–Kier alpha value is -1.35. The van der Waals surface area contributed by atoms with Gasteiger partial charge in [0.2, 0.25) is 5.91 Å². The number of hydrogen-bond acceptors (Lipinski definition) is 2. The normalized spacial score (nSPS) is 17.2. The van der Waals surface area contributed by atoms with Crippen LogP contribution in [-0.2, 0) is 11.2 Å². The third kappa shape index (κ3) is 7.17. The van der Waals surface area contributed by atoms with Crippen molar-refractivity contribution in [3.63, 3.8) is 0 Å². The summed E-state index contributed by atoms with van der Waals surface area (Å²) in [7, 11) is 0. The van der Waals surface area contributed by atoms with Crippen molar-refractivity contribution in [3.8, 4) is 0 Å². The van der Waals surface area contributed by atoms with Gasteiger partial charge in [-0.05, 0) is 71.0 Å². The van der Waals surface area contributed by atoms with E-state index in [4.69, 9.17) is 0 Å². The summed E-state index contributed by atoms with van der Waals surface area (Å²) in [6, 6.07) is 10.8. The van der Waals surface area contributed by atoms with Crippen molar-refractivity contribution in [3.05, 3.63) is 35.9 Å². The maximum Gasteiger partial charge on any atom is 0.221 e. The minimum Gasteiger partial charge on any atom is -0.351 e. The van der Waals surface area contributed by atoms with E-state index in [2.05, 4.69) is 40.5 Å². The van der Waals surface area contributed by atoms with Crippen molar-refractivity contribution >= 4 is 5.91 Å². The first-order chi connectivity index (χ1) is 10.9. The van der Waals surface area contributed by atoms with Gasteiger partial charge >= 0.3 is 0 Å². The molecule has 0 atom stereocenters. The number of carbonyl (C=O) groups excluding carboxylic acids is 1. The Bertz CT molecular complexity index is 470. The van der Waals surface area contributed by atoms with Crippen LogP contribution in [0.4, 0.5) is 0 Å². The fraction of sp³-hybridized carbons (Fsp3) is 0.650. The Morgan fingerprint density at radius 2 is 1.83 bits per heavy atom. The number of nitrogens with zero attached hydrogens (tertiary/aromatic N) is 1. The first kappa shape index (κ1) is 18.0. The summed E-state index contributed by atoms with van der Waals surface area (Å²) >= 11 is 0. The van der Waals surface area contributed by atoms with Crippen LogP contribution >= 0.6 is 0 Å². The van der Waals surface area contributed by atoms with Crippen LogP contribution in [0.15, 0.2) is 30.3 Å². The highest BCUT2D eigenvalue weighted by molar-refractivity contribution is 5.76. The molecule has 0 unspecified atom stereocenters. The van der Waals surface area contributed by atoms with Crippen molar-refractivity contribution in [1.29, 1.82) is 0 Å². The molecule has 23 heavy (non-hydrogen) atoms. The van der Waals surface area contributed by atoms with Gasteiger partial charge in [0.1, 0.15) is 0 Å². The van der Waals surface area contributed by atoms with Gasteiger partial charge in [-0.2, -0.15) is 0 Å². The van der Waals surface area contributed by atoms with Crippen LogP contribution in [0.1, 0.15) is 52.0 Å². The average Bonchev–Trinajstić information content (AvgIpc) is 2.51. The molecule has 1 fully saturated rings. The molecule has 0 aromatic heterocycles. The van der Waals surface area contributed by atoms with E-state index in [9.17, 15) is 4.79 Å². The van der Waals surface area contributed by atoms with Gasteiger partial charge in [-0.25, -0.2) is 0 Å². The summed E-state index contributed by atoms with van der Waals surface area (Å²) in [4.78, 5) is 14.3. The highest BCUT2D eigenvalue weighted by Crippen LogP contribution is 2.22. The van der Waals surface area contributed by atoms with E-state index in [1.165, 1.54) is 31.2 Å². The number of nitrogens with one attached hydrogen (secondary N) is 1. The molecule has 3 nitrogen and oxygen atoms in total. The van der Waals surface area contributed by atoms with Gasteiger partial charge in [0.15, 0.2) is 0 Å². The second kappa shape index (κ2) is 8.49. The molecular formula is C20H32N2O. The Kier molecular flexibility index (Phi) is 6.64. The number of rotatable bonds is 6.